The summed E-state index contributed by atoms with van der Waals surface area (Å²) in [5.74, 6) is 0.185. The Morgan fingerprint density at radius 3 is 2.30 bits per heavy atom. The predicted molar refractivity (Wildman–Crippen MR) is 108 cm³/mol. The number of nitrogens with one attached hydrogen (secondary N) is 1. The van der Waals surface area contributed by atoms with Gasteiger partial charge in [0.05, 0.1) is 5.75 Å². The molecule has 0 aliphatic heterocycles. The summed E-state index contributed by atoms with van der Waals surface area (Å²) in [6.45, 7) is 1.93. The average Bonchev–Trinajstić information content (AvgIpc) is 2.67. The molecule has 0 aromatic heterocycles. The van der Waals surface area contributed by atoms with Crippen LogP contribution in [0.3, 0.4) is 0 Å². The Balaban J connectivity index is 2.02. The van der Waals surface area contributed by atoms with Gasteiger partial charge in [-0.2, -0.15) is 0 Å². The summed E-state index contributed by atoms with van der Waals surface area (Å²) >= 11 is 7.35. The normalized spacial score (nSPS) is 11.7. The van der Waals surface area contributed by atoms with Crippen molar-refractivity contribution in [1.82, 2.24) is 10.2 Å². The van der Waals surface area contributed by atoms with E-state index in [1.165, 1.54) is 35.8 Å². The fraction of sp³-hybridized carbons (Fsp3) is 0.300. The van der Waals surface area contributed by atoms with E-state index >= 15 is 0 Å². The highest BCUT2D eigenvalue weighted by molar-refractivity contribution is 7.99. The summed E-state index contributed by atoms with van der Waals surface area (Å²) in [5.41, 5.74) is 1.84. The Hall–Kier alpha value is -2.05. The van der Waals surface area contributed by atoms with E-state index < -0.39 is 6.04 Å². The number of halogens is 2. The molecule has 0 saturated heterocycles. The summed E-state index contributed by atoms with van der Waals surface area (Å²) in [7, 11) is 1.54. The van der Waals surface area contributed by atoms with E-state index in [0.717, 1.165) is 11.1 Å². The van der Waals surface area contributed by atoms with Crippen LogP contribution in [0.1, 0.15) is 18.1 Å². The molecule has 0 saturated carbocycles. The first kappa shape index (κ1) is 21.3. The summed E-state index contributed by atoms with van der Waals surface area (Å²) in [6, 6.07) is 12.8. The van der Waals surface area contributed by atoms with Crippen molar-refractivity contribution in [1.29, 1.82) is 0 Å². The lowest BCUT2D eigenvalue weighted by molar-refractivity contribution is -0.138. The maximum absolute atomic E-state index is 13.1. The Labute approximate surface area is 168 Å². The number of hydrogen-bond donors (Lipinski definition) is 1. The molecule has 0 bridgehead atoms. The van der Waals surface area contributed by atoms with E-state index in [2.05, 4.69) is 5.32 Å². The van der Waals surface area contributed by atoms with Gasteiger partial charge >= 0.3 is 0 Å². The van der Waals surface area contributed by atoms with Crippen LogP contribution in [0, 0.1) is 5.82 Å². The molecule has 4 nitrogen and oxygen atoms in total. The Morgan fingerprint density at radius 2 is 1.70 bits per heavy atom. The lowest BCUT2D eigenvalue weighted by Gasteiger charge is -2.28. The molecule has 7 heteroatoms. The molecular weight excluding hydrogens is 387 g/mol. The predicted octanol–water partition coefficient (Wildman–Crippen LogP) is 3.88. The molecule has 0 aliphatic carbocycles. The van der Waals surface area contributed by atoms with Gasteiger partial charge in [0.2, 0.25) is 11.8 Å². The SMILES string of the molecule is CNC(=O)C(C)N(Cc1ccc(F)cc1)C(=O)CSCc1ccc(Cl)cc1. The molecule has 1 atom stereocenters. The third-order valence-electron chi connectivity index (χ3n) is 4.09. The molecular formula is C20H22ClFN2O2S. The first-order valence-corrected chi connectivity index (χ1v) is 10.0. The van der Waals surface area contributed by atoms with Crippen molar-refractivity contribution < 1.29 is 14.0 Å². The number of thioether (sulfide) groups is 1. The topological polar surface area (TPSA) is 49.4 Å². The van der Waals surface area contributed by atoms with Crippen LogP contribution in [0.2, 0.25) is 5.02 Å². The zero-order valence-corrected chi connectivity index (χ0v) is 16.8. The number of likely N-dealkylation sites (N-methyl/N-ethyl adjacent to an activating group) is 1. The number of carbonyl (C=O) groups is 2. The van der Waals surface area contributed by atoms with E-state index in [4.69, 9.17) is 11.6 Å². The second-order valence-corrected chi connectivity index (χ2v) is 7.48. The van der Waals surface area contributed by atoms with Gasteiger partial charge in [-0.05, 0) is 42.3 Å². The lowest BCUT2D eigenvalue weighted by atomic mass is 10.1. The summed E-state index contributed by atoms with van der Waals surface area (Å²) in [5, 5.41) is 3.24. The smallest absolute Gasteiger partial charge is 0.242 e. The first-order valence-electron chi connectivity index (χ1n) is 8.48. The van der Waals surface area contributed by atoms with E-state index in [9.17, 15) is 14.0 Å². The maximum atomic E-state index is 13.1. The standard InChI is InChI=1S/C20H22ClFN2O2S/c1-14(20(26)23-2)24(11-15-5-9-18(22)10-6-15)19(25)13-27-12-16-3-7-17(21)8-4-16/h3-10,14H,11-13H2,1-2H3,(H,23,26). The second-order valence-electron chi connectivity index (χ2n) is 6.06. The molecule has 0 aliphatic rings. The fourth-order valence-electron chi connectivity index (χ4n) is 2.50. The van der Waals surface area contributed by atoms with Gasteiger partial charge in [-0.15, -0.1) is 11.8 Å². The second kappa shape index (κ2) is 10.3. The lowest BCUT2D eigenvalue weighted by Crippen LogP contribution is -2.47. The van der Waals surface area contributed by atoms with E-state index in [1.54, 1.807) is 19.1 Å². The van der Waals surface area contributed by atoms with Crippen molar-refractivity contribution >= 4 is 35.2 Å². The summed E-state index contributed by atoms with van der Waals surface area (Å²) < 4.78 is 13.1. The molecule has 144 valence electrons. The number of nitrogens with zero attached hydrogens (tertiary/aromatic N) is 1. The van der Waals surface area contributed by atoms with Crippen LogP contribution >= 0.6 is 23.4 Å². The Bertz CT molecular complexity index is 769. The minimum absolute atomic E-state index is 0.144. The molecule has 2 aromatic carbocycles. The Morgan fingerprint density at radius 1 is 1.11 bits per heavy atom. The van der Waals surface area contributed by atoms with Gasteiger partial charge in [-0.1, -0.05) is 35.9 Å². The Kier molecular flexibility index (Phi) is 8.13. The van der Waals surface area contributed by atoms with Crippen LogP contribution < -0.4 is 5.32 Å². The third-order valence-corrected chi connectivity index (χ3v) is 5.33. The van der Waals surface area contributed by atoms with Gasteiger partial charge < -0.3 is 10.2 Å². The summed E-state index contributed by atoms with van der Waals surface area (Å²) in [4.78, 5) is 26.3. The zero-order chi connectivity index (χ0) is 19.8. The van der Waals surface area contributed by atoms with Gasteiger partial charge in [-0.3, -0.25) is 9.59 Å². The number of rotatable bonds is 8. The molecule has 2 aromatic rings. The first-order chi connectivity index (χ1) is 12.9. The van der Waals surface area contributed by atoms with Crippen LogP contribution in [-0.4, -0.2) is 35.6 Å². The van der Waals surface area contributed by atoms with Crippen molar-refractivity contribution in [2.45, 2.75) is 25.3 Å². The molecule has 0 fully saturated rings. The van der Waals surface area contributed by atoms with Crippen molar-refractivity contribution in [3.8, 4) is 0 Å². The van der Waals surface area contributed by atoms with Gasteiger partial charge in [0.1, 0.15) is 11.9 Å². The highest BCUT2D eigenvalue weighted by Crippen LogP contribution is 2.18. The number of carbonyl (C=O) groups excluding carboxylic acids is 2. The molecule has 27 heavy (non-hydrogen) atoms. The molecule has 1 unspecified atom stereocenters. The van der Waals surface area contributed by atoms with Gasteiger partial charge in [0.25, 0.3) is 0 Å². The molecule has 2 rings (SSSR count). The van der Waals surface area contributed by atoms with Gasteiger partial charge in [0.15, 0.2) is 0 Å². The quantitative estimate of drug-likeness (QED) is 0.721. The zero-order valence-electron chi connectivity index (χ0n) is 15.2. The minimum Gasteiger partial charge on any atom is -0.357 e. The maximum Gasteiger partial charge on any atom is 0.242 e. The van der Waals surface area contributed by atoms with Crippen molar-refractivity contribution in [3.63, 3.8) is 0 Å². The molecule has 0 heterocycles. The molecule has 2 amide bonds. The largest absolute Gasteiger partial charge is 0.357 e. The highest BCUT2D eigenvalue weighted by Gasteiger charge is 2.25. The van der Waals surface area contributed by atoms with E-state index in [-0.39, 0.29) is 29.9 Å². The van der Waals surface area contributed by atoms with Crippen LogP contribution in [0.5, 0.6) is 0 Å². The highest BCUT2D eigenvalue weighted by atomic mass is 35.5. The molecule has 0 radical (unpaired) electrons. The van der Waals surface area contributed by atoms with Gasteiger partial charge in [0, 0.05) is 24.4 Å². The molecule has 0 spiro atoms. The van der Waals surface area contributed by atoms with E-state index in [1.807, 2.05) is 24.3 Å². The van der Waals surface area contributed by atoms with Crippen molar-refractivity contribution in [3.05, 3.63) is 70.5 Å². The number of benzene rings is 2. The third kappa shape index (κ3) is 6.56. The average molecular weight is 409 g/mol. The van der Waals surface area contributed by atoms with E-state index in [0.29, 0.717) is 10.8 Å². The van der Waals surface area contributed by atoms with Gasteiger partial charge in [-0.25, -0.2) is 4.39 Å². The minimum atomic E-state index is -0.622. The number of amides is 2. The van der Waals surface area contributed by atoms with Crippen molar-refractivity contribution in [2.24, 2.45) is 0 Å². The van der Waals surface area contributed by atoms with Crippen LogP contribution in [-0.2, 0) is 21.9 Å². The van der Waals surface area contributed by atoms with Crippen LogP contribution in [0.4, 0.5) is 4.39 Å². The van der Waals surface area contributed by atoms with Crippen LogP contribution in [0.15, 0.2) is 48.5 Å². The fourth-order valence-corrected chi connectivity index (χ4v) is 3.49. The summed E-state index contributed by atoms with van der Waals surface area (Å²) in [6.07, 6.45) is 0. The van der Waals surface area contributed by atoms with Crippen molar-refractivity contribution in [2.75, 3.05) is 12.8 Å². The van der Waals surface area contributed by atoms with Crippen LogP contribution in [0.25, 0.3) is 0 Å². The monoisotopic (exact) mass is 408 g/mol. The molecule has 1 N–H and O–H groups in total. The number of hydrogen-bond acceptors (Lipinski definition) is 3.